The van der Waals surface area contributed by atoms with Gasteiger partial charge in [0, 0.05) is 17.9 Å². The number of thiazole rings is 1. The smallest absolute Gasteiger partial charge is 0.308 e. The van der Waals surface area contributed by atoms with Crippen molar-refractivity contribution in [2.75, 3.05) is 14.2 Å². The fraction of sp³-hybridized carbons (Fsp3) is 0.136. The van der Waals surface area contributed by atoms with Gasteiger partial charge in [0.1, 0.15) is 16.8 Å². The molecule has 6 nitrogen and oxygen atoms in total. The van der Waals surface area contributed by atoms with E-state index >= 15 is 0 Å². The van der Waals surface area contributed by atoms with Crippen LogP contribution in [-0.4, -0.2) is 25.2 Å². The van der Waals surface area contributed by atoms with Gasteiger partial charge in [0.05, 0.1) is 25.5 Å². The molecular formula is C22H18N2O4S. The predicted octanol–water partition coefficient (Wildman–Crippen LogP) is 4.82. The molecule has 0 fully saturated rings. The van der Waals surface area contributed by atoms with Gasteiger partial charge in [-0.15, -0.1) is 11.3 Å². The third-order valence-electron chi connectivity index (χ3n) is 3.97. The van der Waals surface area contributed by atoms with Crippen LogP contribution in [0.3, 0.4) is 0 Å². The fourth-order valence-corrected chi connectivity index (χ4v) is 3.43. The third-order valence-corrected chi connectivity index (χ3v) is 4.85. The molecule has 3 aromatic rings. The molecule has 0 bridgehead atoms. The highest BCUT2D eigenvalue weighted by Gasteiger charge is 2.12. The molecule has 1 heterocycles. The Morgan fingerprint density at radius 1 is 1.14 bits per heavy atom. The van der Waals surface area contributed by atoms with E-state index in [0.29, 0.717) is 22.1 Å². The number of carbonyl (C=O) groups excluding carboxylic acids is 1. The van der Waals surface area contributed by atoms with Crippen LogP contribution in [0.2, 0.25) is 0 Å². The van der Waals surface area contributed by atoms with Gasteiger partial charge in [-0.3, -0.25) is 4.79 Å². The first-order valence-electron chi connectivity index (χ1n) is 8.62. The molecule has 3 rings (SSSR count). The standard InChI is InChI=1S/C22H18N2O4S/c1-14(25)28-20-8-7-15(10-21(20)27-3)9-17(12-23)22-24-19(13-29-22)16-5-4-6-18(11-16)26-2/h4-11,13H,1-3H3/b17-9-. The lowest BCUT2D eigenvalue weighted by molar-refractivity contribution is -0.132. The number of nitriles is 1. The lowest BCUT2D eigenvalue weighted by Gasteiger charge is -2.08. The van der Waals surface area contributed by atoms with E-state index in [0.717, 1.165) is 22.6 Å². The molecule has 0 saturated heterocycles. The summed E-state index contributed by atoms with van der Waals surface area (Å²) in [6, 6.07) is 14.9. The molecule has 0 N–H and O–H groups in total. The summed E-state index contributed by atoms with van der Waals surface area (Å²) in [5, 5.41) is 12.1. The Morgan fingerprint density at radius 2 is 1.97 bits per heavy atom. The first kappa shape index (κ1) is 20.1. The highest BCUT2D eigenvalue weighted by molar-refractivity contribution is 7.11. The summed E-state index contributed by atoms with van der Waals surface area (Å²) >= 11 is 1.39. The minimum atomic E-state index is -0.433. The van der Waals surface area contributed by atoms with Crippen LogP contribution >= 0.6 is 11.3 Å². The highest BCUT2D eigenvalue weighted by Crippen LogP contribution is 2.32. The van der Waals surface area contributed by atoms with E-state index in [-0.39, 0.29) is 0 Å². The summed E-state index contributed by atoms with van der Waals surface area (Å²) in [4.78, 5) is 15.8. The van der Waals surface area contributed by atoms with Crippen LogP contribution in [-0.2, 0) is 4.79 Å². The largest absolute Gasteiger partial charge is 0.497 e. The van der Waals surface area contributed by atoms with Crippen LogP contribution in [0, 0.1) is 11.3 Å². The van der Waals surface area contributed by atoms with Crippen molar-refractivity contribution in [3.05, 3.63) is 58.4 Å². The molecule has 0 aliphatic heterocycles. The number of ether oxygens (including phenoxy) is 3. The molecule has 0 radical (unpaired) electrons. The predicted molar refractivity (Wildman–Crippen MR) is 112 cm³/mol. The molecule has 0 unspecified atom stereocenters. The molecule has 0 spiro atoms. The number of allylic oxidation sites excluding steroid dienone is 1. The molecular weight excluding hydrogens is 388 g/mol. The van der Waals surface area contributed by atoms with Gasteiger partial charge in [0.25, 0.3) is 0 Å². The molecule has 29 heavy (non-hydrogen) atoms. The van der Waals surface area contributed by atoms with Crippen molar-refractivity contribution in [3.8, 4) is 34.6 Å². The number of nitrogens with zero attached hydrogens (tertiary/aromatic N) is 2. The molecule has 2 aromatic carbocycles. The van der Waals surface area contributed by atoms with E-state index in [9.17, 15) is 10.1 Å². The number of esters is 1. The van der Waals surface area contributed by atoms with E-state index in [1.165, 1.54) is 25.4 Å². The van der Waals surface area contributed by atoms with Crippen molar-refractivity contribution in [2.45, 2.75) is 6.92 Å². The maximum absolute atomic E-state index is 11.2. The molecule has 0 atom stereocenters. The molecule has 146 valence electrons. The summed E-state index contributed by atoms with van der Waals surface area (Å²) in [7, 11) is 3.10. The number of aromatic nitrogens is 1. The second-order valence-corrected chi connectivity index (χ2v) is 6.80. The van der Waals surface area contributed by atoms with E-state index in [1.807, 2.05) is 29.6 Å². The van der Waals surface area contributed by atoms with Crippen molar-refractivity contribution in [2.24, 2.45) is 0 Å². The van der Waals surface area contributed by atoms with Gasteiger partial charge < -0.3 is 14.2 Å². The minimum absolute atomic E-state index is 0.324. The second-order valence-electron chi connectivity index (χ2n) is 5.94. The average Bonchev–Trinajstić information content (AvgIpc) is 3.22. The number of benzene rings is 2. The number of carbonyl (C=O) groups is 1. The molecule has 0 aliphatic carbocycles. The van der Waals surface area contributed by atoms with Crippen LogP contribution in [0.4, 0.5) is 0 Å². The van der Waals surface area contributed by atoms with E-state index in [1.54, 1.807) is 31.4 Å². The van der Waals surface area contributed by atoms with Crippen molar-refractivity contribution < 1.29 is 19.0 Å². The van der Waals surface area contributed by atoms with Gasteiger partial charge in [-0.1, -0.05) is 18.2 Å². The fourth-order valence-electron chi connectivity index (χ4n) is 2.63. The monoisotopic (exact) mass is 406 g/mol. The number of methoxy groups -OCH3 is 2. The third kappa shape index (κ3) is 4.81. The van der Waals surface area contributed by atoms with Crippen LogP contribution in [0.5, 0.6) is 17.2 Å². The van der Waals surface area contributed by atoms with Crippen molar-refractivity contribution in [3.63, 3.8) is 0 Å². The molecule has 7 heteroatoms. The summed E-state index contributed by atoms with van der Waals surface area (Å²) in [6.07, 6.45) is 1.72. The minimum Gasteiger partial charge on any atom is -0.497 e. The Kier molecular flexibility index (Phi) is 6.27. The van der Waals surface area contributed by atoms with E-state index < -0.39 is 5.97 Å². The lowest BCUT2D eigenvalue weighted by atomic mass is 10.1. The molecule has 0 aliphatic rings. The Labute approximate surface area is 172 Å². The van der Waals surface area contributed by atoms with E-state index in [2.05, 4.69) is 11.1 Å². The van der Waals surface area contributed by atoms with Gasteiger partial charge >= 0.3 is 5.97 Å². The van der Waals surface area contributed by atoms with Crippen LogP contribution in [0.1, 0.15) is 17.5 Å². The summed E-state index contributed by atoms with van der Waals surface area (Å²) in [5.74, 6) is 1.04. The van der Waals surface area contributed by atoms with Crippen LogP contribution in [0.15, 0.2) is 47.8 Å². The second kappa shape index (κ2) is 9.04. The molecule has 0 amide bonds. The number of hydrogen-bond donors (Lipinski definition) is 0. The topological polar surface area (TPSA) is 81.4 Å². The molecule has 1 aromatic heterocycles. The zero-order valence-corrected chi connectivity index (χ0v) is 16.9. The zero-order valence-electron chi connectivity index (χ0n) is 16.1. The van der Waals surface area contributed by atoms with Gasteiger partial charge in [-0.2, -0.15) is 5.26 Å². The van der Waals surface area contributed by atoms with Gasteiger partial charge in [0.2, 0.25) is 0 Å². The number of rotatable bonds is 6. The zero-order chi connectivity index (χ0) is 20.8. The Bertz CT molecular complexity index is 1110. The summed E-state index contributed by atoms with van der Waals surface area (Å²) in [5.41, 5.74) is 2.84. The maximum Gasteiger partial charge on any atom is 0.308 e. The first-order valence-corrected chi connectivity index (χ1v) is 9.50. The average molecular weight is 406 g/mol. The Balaban J connectivity index is 1.92. The van der Waals surface area contributed by atoms with Crippen molar-refractivity contribution >= 4 is 29.0 Å². The van der Waals surface area contributed by atoms with Gasteiger partial charge in [-0.05, 0) is 35.9 Å². The number of hydrogen-bond acceptors (Lipinski definition) is 7. The normalized spacial score (nSPS) is 10.9. The highest BCUT2D eigenvalue weighted by atomic mass is 32.1. The first-order chi connectivity index (χ1) is 14.0. The van der Waals surface area contributed by atoms with Crippen molar-refractivity contribution in [1.29, 1.82) is 5.26 Å². The van der Waals surface area contributed by atoms with Crippen LogP contribution < -0.4 is 14.2 Å². The van der Waals surface area contributed by atoms with Gasteiger partial charge in [0.15, 0.2) is 11.5 Å². The molecule has 0 saturated carbocycles. The summed E-state index contributed by atoms with van der Waals surface area (Å²) in [6.45, 7) is 1.32. The quantitative estimate of drug-likeness (QED) is 0.332. The van der Waals surface area contributed by atoms with Gasteiger partial charge in [-0.25, -0.2) is 4.98 Å². The van der Waals surface area contributed by atoms with Crippen LogP contribution in [0.25, 0.3) is 22.9 Å². The SMILES string of the molecule is COc1cccc(-c2csc(/C(C#N)=C\c3ccc(OC(C)=O)c(OC)c3)n2)c1. The van der Waals surface area contributed by atoms with E-state index in [4.69, 9.17) is 14.2 Å². The maximum atomic E-state index is 11.2. The van der Waals surface area contributed by atoms with Crippen molar-refractivity contribution in [1.82, 2.24) is 4.98 Å². The Hall–Kier alpha value is -3.63. The Morgan fingerprint density at radius 3 is 2.66 bits per heavy atom. The lowest BCUT2D eigenvalue weighted by Crippen LogP contribution is -2.03. The summed E-state index contributed by atoms with van der Waals surface area (Å²) < 4.78 is 15.6.